The number of methoxy groups -OCH3 is 1. The molecule has 0 spiro atoms. The number of nitrogens with two attached hydrogens (primary N) is 1. The first-order chi connectivity index (χ1) is 9.27. The molecule has 0 saturated heterocycles. The normalized spacial score (nSPS) is 13.9. The smallest absolute Gasteiger partial charge is 0.400 e. The first-order valence-corrected chi connectivity index (χ1v) is 6.19. The van der Waals surface area contributed by atoms with Gasteiger partial charge in [-0.25, -0.2) is 0 Å². The van der Waals surface area contributed by atoms with E-state index in [-0.39, 0.29) is 0 Å². The van der Waals surface area contributed by atoms with Gasteiger partial charge in [-0.1, -0.05) is 21.1 Å². The molecule has 0 fully saturated rings. The standard InChI is InChI=1S/C11H13BrF3N3O2/c1-20-8-3-6(12)2-7(4-8)17-5-9(10(16)18-19)11(13,14)15/h2-4,9,17,19H,5H2,1H3,(H2,16,18). The van der Waals surface area contributed by atoms with E-state index >= 15 is 0 Å². The lowest BCUT2D eigenvalue weighted by molar-refractivity contribution is -0.152. The van der Waals surface area contributed by atoms with Gasteiger partial charge in [0.1, 0.15) is 11.7 Å². The number of nitrogens with one attached hydrogen (secondary N) is 1. The van der Waals surface area contributed by atoms with Crippen LogP contribution in [0.25, 0.3) is 0 Å². The highest BCUT2D eigenvalue weighted by Crippen LogP contribution is 2.28. The molecule has 0 aliphatic carbocycles. The Morgan fingerprint density at radius 1 is 1.50 bits per heavy atom. The quantitative estimate of drug-likeness (QED) is 0.328. The summed E-state index contributed by atoms with van der Waals surface area (Å²) in [6.45, 7) is -0.557. The second kappa shape index (κ2) is 6.69. The van der Waals surface area contributed by atoms with Crippen molar-refractivity contribution in [3.05, 3.63) is 22.7 Å². The molecule has 0 aliphatic rings. The van der Waals surface area contributed by atoms with E-state index in [0.29, 0.717) is 15.9 Å². The van der Waals surface area contributed by atoms with Gasteiger partial charge in [-0.05, 0) is 12.1 Å². The van der Waals surface area contributed by atoms with Crippen LogP contribution in [0.1, 0.15) is 0 Å². The summed E-state index contributed by atoms with van der Waals surface area (Å²) in [5, 5.41) is 13.4. The minimum absolute atomic E-state index is 0.413. The molecule has 1 aromatic rings. The van der Waals surface area contributed by atoms with Crippen molar-refractivity contribution in [3.8, 4) is 5.75 Å². The lowest BCUT2D eigenvalue weighted by Crippen LogP contribution is -2.40. The minimum Gasteiger partial charge on any atom is -0.497 e. The van der Waals surface area contributed by atoms with E-state index in [0.717, 1.165) is 0 Å². The van der Waals surface area contributed by atoms with Crippen molar-refractivity contribution >= 4 is 27.5 Å². The fourth-order valence-corrected chi connectivity index (χ4v) is 1.93. The summed E-state index contributed by atoms with van der Waals surface area (Å²) < 4.78 is 43.9. The molecular weight excluding hydrogens is 343 g/mol. The van der Waals surface area contributed by atoms with Gasteiger partial charge in [0.05, 0.1) is 7.11 Å². The predicted octanol–water partition coefficient (Wildman–Crippen LogP) is 2.79. The van der Waals surface area contributed by atoms with E-state index in [9.17, 15) is 13.2 Å². The van der Waals surface area contributed by atoms with Crippen molar-refractivity contribution in [3.63, 3.8) is 0 Å². The Morgan fingerprint density at radius 3 is 2.65 bits per heavy atom. The van der Waals surface area contributed by atoms with Crippen molar-refractivity contribution in [2.75, 3.05) is 19.0 Å². The van der Waals surface area contributed by atoms with E-state index in [4.69, 9.17) is 15.7 Å². The summed E-state index contributed by atoms with van der Waals surface area (Å²) in [5.41, 5.74) is 5.47. The summed E-state index contributed by atoms with van der Waals surface area (Å²) in [6.07, 6.45) is -4.61. The molecule has 0 bridgehead atoms. The summed E-state index contributed by atoms with van der Waals surface area (Å²) >= 11 is 3.21. The van der Waals surface area contributed by atoms with E-state index in [1.54, 1.807) is 12.1 Å². The molecule has 0 aromatic heterocycles. The topological polar surface area (TPSA) is 79.9 Å². The summed E-state index contributed by atoms with van der Waals surface area (Å²) in [5.74, 6) is -2.50. The van der Waals surface area contributed by atoms with E-state index in [1.165, 1.54) is 13.2 Å². The second-order valence-electron chi connectivity index (χ2n) is 3.88. The van der Waals surface area contributed by atoms with Crippen LogP contribution in [0.5, 0.6) is 5.75 Å². The van der Waals surface area contributed by atoms with Gasteiger partial charge < -0.3 is 21.0 Å². The van der Waals surface area contributed by atoms with E-state index in [1.807, 2.05) is 0 Å². The van der Waals surface area contributed by atoms with Gasteiger partial charge in [-0.2, -0.15) is 13.2 Å². The van der Waals surface area contributed by atoms with Crippen molar-refractivity contribution in [1.29, 1.82) is 0 Å². The van der Waals surface area contributed by atoms with Gasteiger partial charge in [0, 0.05) is 22.8 Å². The van der Waals surface area contributed by atoms with Gasteiger partial charge in [-0.15, -0.1) is 0 Å². The molecule has 9 heteroatoms. The van der Waals surface area contributed by atoms with E-state index in [2.05, 4.69) is 26.4 Å². The first-order valence-electron chi connectivity index (χ1n) is 5.40. The number of halogens is 4. The fraction of sp³-hybridized carbons (Fsp3) is 0.364. The zero-order chi connectivity index (χ0) is 15.3. The lowest BCUT2D eigenvalue weighted by atomic mass is 10.1. The highest BCUT2D eigenvalue weighted by molar-refractivity contribution is 9.10. The monoisotopic (exact) mass is 355 g/mol. The number of hydrogen-bond donors (Lipinski definition) is 3. The van der Waals surface area contributed by atoms with Crippen molar-refractivity contribution < 1.29 is 23.1 Å². The van der Waals surface area contributed by atoms with Gasteiger partial charge >= 0.3 is 6.18 Å². The molecule has 20 heavy (non-hydrogen) atoms. The van der Waals surface area contributed by atoms with Gasteiger partial charge in [0.25, 0.3) is 0 Å². The zero-order valence-corrected chi connectivity index (χ0v) is 12.0. The third-order valence-electron chi connectivity index (χ3n) is 2.48. The van der Waals surface area contributed by atoms with Crippen LogP contribution in [0.2, 0.25) is 0 Å². The number of rotatable bonds is 5. The first kappa shape index (κ1) is 16.4. The molecule has 1 atom stereocenters. The second-order valence-corrected chi connectivity index (χ2v) is 4.80. The molecule has 1 unspecified atom stereocenters. The van der Waals surface area contributed by atoms with Crippen LogP contribution in [0.3, 0.4) is 0 Å². The molecular formula is C11H13BrF3N3O2. The lowest BCUT2D eigenvalue weighted by Gasteiger charge is -2.20. The van der Waals surface area contributed by atoms with Crippen LogP contribution in [-0.2, 0) is 0 Å². The SMILES string of the molecule is COc1cc(Br)cc(NCC(/C(N)=N/O)C(F)(F)F)c1. The minimum atomic E-state index is -4.61. The van der Waals surface area contributed by atoms with Crippen LogP contribution in [0.15, 0.2) is 27.8 Å². The van der Waals surface area contributed by atoms with Crippen LogP contribution < -0.4 is 15.8 Å². The van der Waals surface area contributed by atoms with Crippen LogP contribution in [0, 0.1) is 5.92 Å². The maximum absolute atomic E-state index is 12.7. The van der Waals surface area contributed by atoms with Crippen molar-refractivity contribution in [2.24, 2.45) is 16.8 Å². The molecule has 112 valence electrons. The number of alkyl halides is 3. The Balaban J connectivity index is 2.85. The molecule has 1 rings (SSSR count). The largest absolute Gasteiger partial charge is 0.497 e. The molecule has 0 aliphatic heterocycles. The molecule has 1 aromatic carbocycles. The molecule has 5 nitrogen and oxygen atoms in total. The third-order valence-corrected chi connectivity index (χ3v) is 2.94. The number of benzene rings is 1. The average molecular weight is 356 g/mol. The third kappa shape index (κ3) is 4.48. The van der Waals surface area contributed by atoms with Gasteiger partial charge in [-0.3, -0.25) is 0 Å². The molecule has 0 amide bonds. The average Bonchev–Trinajstić information content (AvgIpc) is 2.36. The highest BCUT2D eigenvalue weighted by atomic mass is 79.9. The summed E-state index contributed by atoms with van der Waals surface area (Å²) in [7, 11) is 1.44. The summed E-state index contributed by atoms with van der Waals surface area (Å²) in [6, 6.07) is 4.78. The maximum Gasteiger partial charge on any atom is 0.400 e. The van der Waals surface area contributed by atoms with E-state index < -0.39 is 24.5 Å². The van der Waals surface area contributed by atoms with Crippen molar-refractivity contribution in [2.45, 2.75) is 6.18 Å². The molecule has 4 N–H and O–H groups in total. The molecule has 0 saturated carbocycles. The fourth-order valence-electron chi connectivity index (χ4n) is 1.46. The number of anilines is 1. The van der Waals surface area contributed by atoms with Gasteiger partial charge in [0.15, 0.2) is 5.84 Å². The number of oxime groups is 1. The van der Waals surface area contributed by atoms with Crippen LogP contribution >= 0.6 is 15.9 Å². The van der Waals surface area contributed by atoms with Crippen molar-refractivity contribution in [1.82, 2.24) is 0 Å². The molecule has 0 radical (unpaired) electrons. The number of ether oxygens (including phenoxy) is 1. The number of amidine groups is 1. The Kier molecular flexibility index (Phi) is 5.49. The van der Waals surface area contributed by atoms with Crippen LogP contribution in [-0.4, -0.2) is 30.9 Å². The van der Waals surface area contributed by atoms with Gasteiger partial charge in [0.2, 0.25) is 0 Å². The number of nitrogens with zero attached hydrogens (tertiary/aromatic N) is 1. The number of hydrogen-bond acceptors (Lipinski definition) is 4. The maximum atomic E-state index is 12.7. The Morgan fingerprint density at radius 2 is 2.15 bits per heavy atom. The zero-order valence-electron chi connectivity index (χ0n) is 10.4. The van der Waals surface area contributed by atoms with Crippen LogP contribution in [0.4, 0.5) is 18.9 Å². The highest BCUT2D eigenvalue weighted by Gasteiger charge is 2.42. The Labute approximate surface area is 121 Å². The molecule has 0 heterocycles. The predicted molar refractivity (Wildman–Crippen MR) is 72.1 cm³/mol. The Hall–Kier alpha value is -1.64. The summed E-state index contributed by atoms with van der Waals surface area (Å²) in [4.78, 5) is 0. The Bertz CT molecular complexity index is 494.